The van der Waals surface area contributed by atoms with Gasteiger partial charge in [-0.25, -0.2) is 0 Å². The maximum absolute atomic E-state index is 11.6. The van der Waals surface area contributed by atoms with Crippen LogP contribution in [-0.4, -0.2) is 37.2 Å². The highest BCUT2D eigenvalue weighted by Gasteiger charge is 2.10. The van der Waals surface area contributed by atoms with E-state index in [0.717, 1.165) is 4.90 Å². The molecule has 0 aromatic heterocycles. The van der Waals surface area contributed by atoms with Gasteiger partial charge in [0.1, 0.15) is 5.75 Å². The number of hydrogen-bond acceptors (Lipinski definition) is 4. The van der Waals surface area contributed by atoms with E-state index in [1.54, 1.807) is 24.3 Å². The third kappa shape index (κ3) is 2.91. The fourth-order valence-electron chi connectivity index (χ4n) is 1.13. The Morgan fingerprint density at radius 2 is 1.81 bits per heavy atom. The van der Waals surface area contributed by atoms with Crippen molar-refractivity contribution in [1.29, 1.82) is 0 Å². The third-order valence-electron chi connectivity index (χ3n) is 2.01. The minimum Gasteiger partial charge on any atom is -0.497 e. The highest BCUT2D eigenvalue weighted by Crippen LogP contribution is 2.11. The molecular weight excluding hydrogens is 210 g/mol. The van der Waals surface area contributed by atoms with Crippen LogP contribution < -0.4 is 4.74 Å². The molecule has 0 atom stereocenters. The van der Waals surface area contributed by atoms with Crippen LogP contribution >= 0.6 is 0 Å². The number of amides is 2. The Balaban J connectivity index is 2.72. The van der Waals surface area contributed by atoms with Gasteiger partial charge in [-0.2, -0.15) is 0 Å². The molecule has 0 aliphatic heterocycles. The molecule has 0 saturated heterocycles. The number of ketones is 1. The van der Waals surface area contributed by atoms with Crippen molar-refractivity contribution in [2.75, 3.05) is 13.7 Å². The van der Waals surface area contributed by atoms with E-state index in [9.17, 15) is 14.4 Å². The Kier molecular flexibility index (Phi) is 4.20. The molecule has 1 rings (SSSR count). The zero-order chi connectivity index (χ0) is 12.0. The fraction of sp³-hybridized carbons (Fsp3) is 0.182. The van der Waals surface area contributed by atoms with Crippen LogP contribution in [0.2, 0.25) is 0 Å². The number of nitrogens with zero attached hydrogens (tertiary/aromatic N) is 1. The molecule has 1 aromatic carbocycles. The molecule has 0 radical (unpaired) electrons. The fourth-order valence-corrected chi connectivity index (χ4v) is 1.13. The Morgan fingerprint density at radius 1 is 1.25 bits per heavy atom. The predicted molar refractivity (Wildman–Crippen MR) is 56.2 cm³/mol. The predicted octanol–water partition coefficient (Wildman–Crippen LogP) is 0.493. The SMILES string of the molecule is COc1ccc(C(=O)CN(C=O)C=O)cc1. The molecule has 5 heteroatoms. The molecule has 0 unspecified atom stereocenters. The summed E-state index contributed by atoms with van der Waals surface area (Å²) in [6.07, 6.45) is 0.628. The molecular formula is C11H11NO4. The van der Waals surface area contributed by atoms with Gasteiger partial charge in [0, 0.05) is 5.56 Å². The molecule has 0 N–H and O–H groups in total. The van der Waals surface area contributed by atoms with Crippen LogP contribution in [0.3, 0.4) is 0 Å². The summed E-state index contributed by atoms with van der Waals surface area (Å²) in [5.41, 5.74) is 0.425. The number of methoxy groups -OCH3 is 1. The first-order valence-electron chi connectivity index (χ1n) is 4.55. The van der Waals surface area contributed by atoms with Crippen molar-refractivity contribution in [3.05, 3.63) is 29.8 Å². The van der Waals surface area contributed by atoms with Crippen molar-refractivity contribution in [3.63, 3.8) is 0 Å². The molecule has 5 nitrogen and oxygen atoms in total. The highest BCUT2D eigenvalue weighted by molar-refractivity contribution is 5.99. The lowest BCUT2D eigenvalue weighted by Gasteiger charge is -2.07. The van der Waals surface area contributed by atoms with Crippen molar-refractivity contribution in [2.24, 2.45) is 0 Å². The number of benzene rings is 1. The minimum atomic E-state index is -0.304. The number of ether oxygens (including phenoxy) is 1. The molecule has 0 fully saturated rings. The van der Waals surface area contributed by atoms with Crippen molar-refractivity contribution in [2.45, 2.75) is 0 Å². The standard InChI is InChI=1S/C11H11NO4/c1-16-10-4-2-9(3-5-10)11(15)6-12(7-13)8-14/h2-5,7-8H,6H2,1H3. The smallest absolute Gasteiger partial charge is 0.216 e. The summed E-state index contributed by atoms with van der Waals surface area (Å²) in [4.78, 5) is 33.0. The van der Waals surface area contributed by atoms with Gasteiger partial charge in [0.05, 0.1) is 13.7 Å². The van der Waals surface area contributed by atoms with Crippen molar-refractivity contribution >= 4 is 18.6 Å². The summed E-state index contributed by atoms with van der Waals surface area (Å²) >= 11 is 0. The van der Waals surface area contributed by atoms with Crippen molar-refractivity contribution < 1.29 is 19.1 Å². The van der Waals surface area contributed by atoms with Gasteiger partial charge < -0.3 is 4.74 Å². The van der Waals surface area contributed by atoms with E-state index >= 15 is 0 Å². The van der Waals surface area contributed by atoms with Gasteiger partial charge >= 0.3 is 0 Å². The van der Waals surface area contributed by atoms with Gasteiger partial charge in [0.25, 0.3) is 0 Å². The van der Waals surface area contributed by atoms with E-state index in [4.69, 9.17) is 4.74 Å². The van der Waals surface area contributed by atoms with Crippen LogP contribution in [0.5, 0.6) is 5.75 Å². The summed E-state index contributed by atoms with van der Waals surface area (Å²) in [7, 11) is 1.53. The Bertz CT molecular complexity index is 377. The van der Waals surface area contributed by atoms with Gasteiger partial charge in [-0.1, -0.05) is 0 Å². The number of Topliss-reactive ketones (excluding diaryl/α,β-unsaturated/α-hetero) is 1. The van der Waals surface area contributed by atoms with Crippen LogP contribution in [0.1, 0.15) is 10.4 Å². The van der Waals surface area contributed by atoms with E-state index in [-0.39, 0.29) is 12.3 Å². The lowest BCUT2D eigenvalue weighted by atomic mass is 10.1. The van der Waals surface area contributed by atoms with E-state index in [1.165, 1.54) is 7.11 Å². The lowest BCUT2D eigenvalue weighted by Crippen LogP contribution is -2.27. The molecule has 0 heterocycles. The Hall–Kier alpha value is -2.17. The first kappa shape index (κ1) is 11.9. The average Bonchev–Trinajstić information content (AvgIpc) is 2.35. The normalized spacial score (nSPS) is 9.31. The first-order chi connectivity index (χ1) is 7.71. The molecule has 84 valence electrons. The zero-order valence-corrected chi connectivity index (χ0v) is 8.75. The first-order valence-corrected chi connectivity index (χ1v) is 4.55. The lowest BCUT2D eigenvalue weighted by molar-refractivity contribution is -0.128. The van der Waals surface area contributed by atoms with E-state index < -0.39 is 0 Å². The van der Waals surface area contributed by atoms with Crippen LogP contribution in [-0.2, 0) is 9.59 Å². The molecule has 0 aliphatic carbocycles. The molecule has 0 aliphatic rings. The van der Waals surface area contributed by atoms with E-state index in [2.05, 4.69) is 0 Å². The third-order valence-corrected chi connectivity index (χ3v) is 2.01. The largest absolute Gasteiger partial charge is 0.497 e. The summed E-state index contributed by atoms with van der Waals surface area (Å²) in [6, 6.07) is 6.43. The highest BCUT2D eigenvalue weighted by atomic mass is 16.5. The van der Waals surface area contributed by atoms with Gasteiger partial charge in [-0.05, 0) is 24.3 Å². The van der Waals surface area contributed by atoms with Gasteiger partial charge in [0.2, 0.25) is 12.8 Å². The maximum atomic E-state index is 11.6. The summed E-state index contributed by atoms with van der Waals surface area (Å²) in [5.74, 6) is 0.334. The maximum Gasteiger partial charge on any atom is 0.216 e. The minimum absolute atomic E-state index is 0.251. The van der Waals surface area contributed by atoms with Gasteiger partial charge in [-0.15, -0.1) is 0 Å². The number of hydrogen-bond donors (Lipinski definition) is 0. The second-order valence-corrected chi connectivity index (χ2v) is 3.03. The Morgan fingerprint density at radius 3 is 2.25 bits per heavy atom. The van der Waals surface area contributed by atoms with Crippen LogP contribution in [0, 0.1) is 0 Å². The van der Waals surface area contributed by atoms with Crippen LogP contribution in [0.25, 0.3) is 0 Å². The molecule has 2 amide bonds. The topological polar surface area (TPSA) is 63.7 Å². The molecule has 0 bridgehead atoms. The number of rotatable bonds is 6. The second kappa shape index (κ2) is 5.65. The summed E-state index contributed by atoms with van der Waals surface area (Å²) in [5, 5.41) is 0. The van der Waals surface area contributed by atoms with Gasteiger partial charge in [0.15, 0.2) is 5.78 Å². The molecule has 0 saturated carbocycles. The Labute approximate surface area is 92.6 Å². The molecule has 16 heavy (non-hydrogen) atoms. The zero-order valence-electron chi connectivity index (χ0n) is 8.75. The quantitative estimate of drug-likeness (QED) is 0.518. The second-order valence-electron chi connectivity index (χ2n) is 3.03. The van der Waals surface area contributed by atoms with Crippen molar-refractivity contribution in [3.8, 4) is 5.75 Å². The molecule has 0 spiro atoms. The molecule has 1 aromatic rings. The number of carbonyl (C=O) groups is 3. The number of imide groups is 1. The van der Waals surface area contributed by atoms with Gasteiger partial charge in [-0.3, -0.25) is 19.3 Å². The number of carbonyl (C=O) groups excluding carboxylic acids is 3. The summed E-state index contributed by atoms with van der Waals surface area (Å²) in [6.45, 7) is -0.251. The van der Waals surface area contributed by atoms with Crippen LogP contribution in [0.4, 0.5) is 0 Å². The van der Waals surface area contributed by atoms with Crippen LogP contribution in [0.15, 0.2) is 24.3 Å². The van der Waals surface area contributed by atoms with E-state index in [1.807, 2.05) is 0 Å². The average molecular weight is 221 g/mol. The summed E-state index contributed by atoms with van der Waals surface area (Å²) < 4.78 is 4.94. The monoisotopic (exact) mass is 221 g/mol. The van der Waals surface area contributed by atoms with Crippen molar-refractivity contribution in [1.82, 2.24) is 4.90 Å². The van der Waals surface area contributed by atoms with E-state index in [0.29, 0.717) is 24.1 Å².